The molecule has 2 aromatic carbocycles. The molecule has 0 bridgehead atoms. The molecule has 0 radical (unpaired) electrons. The minimum atomic E-state index is -0.167. The number of para-hydroxylation sites is 1. The van der Waals surface area contributed by atoms with Gasteiger partial charge in [-0.15, -0.1) is 0 Å². The number of furan rings is 1. The fourth-order valence-corrected chi connectivity index (χ4v) is 5.06. The zero-order chi connectivity index (χ0) is 24.1. The van der Waals surface area contributed by atoms with E-state index < -0.39 is 0 Å². The second-order valence-electron chi connectivity index (χ2n) is 7.46. The van der Waals surface area contributed by atoms with Crippen LogP contribution < -0.4 is 4.74 Å². The molecule has 1 saturated heterocycles. The van der Waals surface area contributed by atoms with Gasteiger partial charge in [0, 0.05) is 37.2 Å². The Labute approximate surface area is 212 Å². The second kappa shape index (κ2) is 11.0. The van der Waals surface area contributed by atoms with Crippen LogP contribution in [-0.4, -0.2) is 54.9 Å². The average molecular weight is 517 g/mol. The van der Waals surface area contributed by atoms with Crippen LogP contribution in [0.2, 0.25) is 10.0 Å². The molecule has 4 rings (SSSR count). The van der Waals surface area contributed by atoms with Crippen LogP contribution in [0.15, 0.2) is 75.1 Å². The van der Waals surface area contributed by atoms with Gasteiger partial charge in [0.2, 0.25) is 5.91 Å². The normalized spacial score (nSPS) is 14.0. The van der Waals surface area contributed by atoms with Crippen LogP contribution in [0.5, 0.6) is 5.75 Å². The highest BCUT2D eigenvalue weighted by atomic mass is 35.5. The van der Waals surface area contributed by atoms with Crippen molar-refractivity contribution in [1.29, 1.82) is 0 Å². The maximum absolute atomic E-state index is 12.7. The van der Waals surface area contributed by atoms with E-state index in [1.165, 1.54) is 24.1 Å². The highest BCUT2D eigenvalue weighted by Gasteiger charge is 2.25. The van der Waals surface area contributed by atoms with E-state index in [-0.39, 0.29) is 11.8 Å². The van der Waals surface area contributed by atoms with Gasteiger partial charge in [0.25, 0.3) is 5.91 Å². The van der Waals surface area contributed by atoms with Gasteiger partial charge >= 0.3 is 0 Å². The average Bonchev–Trinajstić information content (AvgIpc) is 3.41. The lowest BCUT2D eigenvalue weighted by Gasteiger charge is -2.33. The number of halogens is 2. The number of rotatable bonds is 6. The fourth-order valence-electron chi connectivity index (χ4n) is 3.53. The summed E-state index contributed by atoms with van der Waals surface area (Å²) in [6, 6.07) is 14.7. The molecule has 0 unspecified atom stereocenters. The minimum absolute atomic E-state index is 0.148. The predicted octanol–water partition coefficient (Wildman–Crippen LogP) is 5.74. The monoisotopic (exact) mass is 516 g/mol. The van der Waals surface area contributed by atoms with Crippen molar-refractivity contribution in [2.24, 2.45) is 0 Å². The first-order valence-corrected chi connectivity index (χ1v) is 12.1. The molecule has 0 aliphatic carbocycles. The first kappa shape index (κ1) is 24.3. The Hall–Kier alpha value is -2.87. The van der Waals surface area contributed by atoms with Crippen LogP contribution in [0.4, 0.5) is 0 Å². The van der Waals surface area contributed by atoms with Gasteiger partial charge in [-0.2, -0.15) is 0 Å². The van der Waals surface area contributed by atoms with Gasteiger partial charge in [0.15, 0.2) is 5.76 Å². The Balaban J connectivity index is 1.38. The highest BCUT2D eigenvalue weighted by Crippen LogP contribution is 2.42. The molecule has 1 aliphatic heterocycles. The van der Waals surface area contributed by atoms with E-state index in [1.54, 1.807) is 35.1 Å². The van der Waals surface area contributed by atoms with Crippen LogP contribution in [0.1, 0.15) is 16.1 Å². The van der Waals surface area contributed by atoms with E-state index in [0.717, 1.165) is 15.5 Å². The summed E-state index contributed by atoms with van der Waals surface area (Å²) in [6.45, 7) is 1.78. The van der Waals surface area contributed by atoms with Gasteiger partial charge in [0.1, 0.15) is 5.75 Å². The number of nitrogens with zero attached hydrogens (tertiary/aromatic N) is 2. The quantitative estimate of drug-likeness (QED) is 0.390. The van der Waals surface area contributed by atoms with E-state index in [4.69, 9.17) is 32.4 Å². The van der Waals surface area contributed by atoms with Gasteiger partial charge in [-0.05, 0) is 42.0 Å². The van der Waals surface area contributed by atoms with Crippen molar-refractivity contribution >= 4 is 52.9 Å². The molecule has 9 heteroatoms. The lowest BCUT2D eigenvalue weighted by atomic mass is 10.2. The maximum atomic E-state index is 12.7. The van der Waals surface area contributed by atoms with Crippen LogP contribution in [0, 0.1) is 0 Å². The first-order valence-electron chi connectivity index (χ1n) is 10.6. The summed E-state index contributed by atoms with van der Waals surface area (Å²) < 4.78 is 10.6. The van der Waals surface area contributed by atoms with E-state index in [0.29, 0.717) is 47.5 Å². The molecule has 1 aromatic heterocycles. The first-order chi connectivity index (χ1) is 16.5. The number of benzene rings is 2. The summed E-state index contributed by atoms with van der Waals surface area (Å²) >= 11 is 14.5. The second-order valence-corrected chi connectivity index (χ2v) is 9.30. The standard InChI is InChI=1S/C25H22Cl2N2O4S/c1-32-18-5-2-3-7-20(18)34-21-10-8-17(23(26)24(21)27)9-11-22(30)28-12-14-29(15-13-28)25(31)19-6-4-16-33-19/h2-11,16H,12-15H2,1H3. The lowest BCUT2D eigenvalue weighted by molar-refractivity contribution is -0.127. The fraction of sp³-hybridized carbons (Fsp3) is 0.200. The van der Waals surface area contributed by atoms with Gasteiger partial charge in [0.05, 0.1) is 28.3 Å². The van der Waals surface area contributed by atoms with Crippen molar-refractivity contribution in [3.63, 3.8) is 0 Å². The molecular weight excluding hydrogens is 495 g/mol. The van der Waals surface area contributed by atoms with E-state index in [1.807, 2.05) is 36.4 Å². The SMILES string of the molecule is COc1ccccc1Sc1ccc(C=CC(=O)N2CCN(C(=O)c3ccco3)CC2)c(Cl)c1Cl. The molecule has 2 heterocycles. The molecule has 0 saturated carbocycles. The minimum Gasteiger partial charge on any atom is -0.496 e. The Morgan fingerprint density at radius 2 is 1.68 bits per heavy atom. The molecule has 3 aromatic rings. The van der Waals surface area contributed by atoms with Crippen molar-refractivity contribution in [2.45, 2.75) is 9.79 Å². The molecule has 6 nitrogen and oxygen atoms in total. The van der Waals surface area contributed by atoms with Crippen LogP contribution in [0.25, 0.3) is 6.08 Å². The molecule has 176 valence electrons. The van der Waals surface area contributed by atoms with Crippen molar-refractivity contribution in [3.8, 4) is 5.75 Å². The van der Waals surface area contributed by atoms with E-state index in [9.17, 15) is 9.59 Å². The Bertz CT molecular complexity index is 1210. The van der Waals surface area contributed by atoms with Crippen molar-refractivity contribution in [3.05, 3.63) is 82.2 Å². The van der Waals surface area contributed by atoms with Crippen LogP contribution in [-0.2, 0) is 4.79 Å². The zero-order valence-electron chi connectivity index (χ0n) is 18.4. The number of hydrogen-bond acceptors (Lipinski definition) is 5. The Morgan fingerprint density at radius 3 is 2.38 bits per heavy atom. The molecule has 2 amide bonds. The number of carbonyl (C=O) groups is 2. The number of carbonyl (C=O) groups excluding carboxylic acids is 2. The summed E-state index contributed by atoms with van der Waals surface area (Å²) in [4.78, 5) is 30.1. The smallest absolute Gasteiger partial charge is 0.289 e. The van der Waals surface area contributed by atoms with Gasteiger partial charge in [-0.1, -0.05) is 53.2 Å². The molecule has 0 spiro atoms. The molecule has 1 aliphatic rings. The molecule has 1 fully saturated rings. The third-order valence-electron chi connectivity index (χ3n) is 5.38. The van der Waals surface area contributed by atoms with Crippen molar-refractivity contribution in [2.75, 3.05) is 33.3 Å². The van der Waals surface area contributed by atoms with Gasteiger partial charge in [-0.25, -0.2) is 0 Å². The molecular formula is C25H22Cl2N2O4S. The zero-order valence-corrected chi connectivity index (χ0v) is 20.7. The molecule has 0 atom stereocenters. The van der Waals surface area contributed by atoms with Crippen LogP contribution >= 0.6 is 35.0 Å². The van der Waals surface area contributed by atoms with E-state index >= 15 is 0 Å². The van der Waals surface area contributed by atoms with Gasteiger partial charge in [-0.3, -0.25) is 9.59 Å². The third-order valence-corrected chi connectivity index (χ3v) is 7.51. The highest BCUT2D eigenvalue weighted by molar-refractivity contribution is 7.99. The van der Waals surface area contributed by atoms with Crippen molar-refractivity contribution in [1.82, 2.24) is 9.80 Å². The summed E-state index contributed by atoms with van der Waals surface area (Å²) in [6.07, 6.45) is 4.61. The Kier molecular flexibility index (Phi) is 7.88. The van der Waals surface area contributed by atoms with Gasteiger partial charge < -0.3 is 19.0 Å². The largest absolute Gasteiger partial charge is 0.496 e. The summed E-state index contributed by atoms with van der Waals surface area (Å²) in [5, 5.41) is 0.789. The maximum Gasteiger partial charge on any atom is 0.289 e. The summed E-state index contributed by atoms with van der Waals surface area (Å²) in [5.74, 6) is 0.739. The summed E-state index contributed by atoms with van der Waals surface area (Å²) in [7, 11) is 1.62. The number of methoxy groups -OCH3 is 1. The molecule has 34 heavy (non-hydrogen) atoms. The number of piperazine rings is 1. The number of hydrogen-bond donors (Lipinski definition) is 0. The number of amides is 2. The Morgan fingerprint density at radius 1 is 0.941 bits per heavy atom. The van der Waals surface area contributed by atoms with Crippen molar-refractivity contribution < 1.29 is 18.7 Å². The predicted molar refractivity (Wildman–Crippen MR) is 134 cm³/mol. The molecule has 0 N–H and O–H groups in total. The van der Waals surface area contributed by atoms with E-state index in [2.05, 4.69) is 0 Å². The topological polar surface area (TPSA) is 63.0 Å². The third kappa shape index (κ3) is 5.43. The van der Waals surface area contributed by atoms with Crippen LogP contribution in [0.3, 0.4) is 0 Å². The number of ether oxygens (including phenoxy) is 1. The summed E-state index contributed by atoms with van der Waals surface area (Å²) in [5.41, 5.74) is 0.649. The lowest BCUT2D eigenvalue weighted by Crippen LogP contribution is -2.50.